The van der Waals surface area contributed by atoms with Crippen LogP contribution < -0.4 is 0 Å². The van der Waals surface area contributed by atoms with E-state index in [0.717, 1.165) is 18.4 Å². The molecule has 92 valence electrons. The fraction of sp³-hybridized carbons (Fsp3) is 0.583. The molecule has 0 N–H and O–H groups in total. The van der Waals surface area contributed by atoms with E-state index < -0.39 is 11.6 Å². The normalized spacial score (nSPS) is 31.4. The van der Waals surface area contributed by atoms with Crippen molar-refractivity contribution in [2.75, 3.05) is 0 Å². The lowest BCUT2D eigenvalue weighted by Gasteiger charge is -2.32. The van der Waals surface area contributed by atoms with Crippen LogP contribution >= 0.6 is 0 Å². The van der Waals surface area contributed by atoms with Gasteiger partial charge in [0.2, 0.25) is 0 Å². The maximum absolute atomic E-state index is 11.2. The Morgan fingerprint density at radius 2 is 2.35 bits per heavy atom. The summed E-state index contributed by atoms with van der Waals surface area (Å²) in [7, 11) is 0. The summed E-state index contributed by atoms with van der Waals surface area (Å²) in [4.78, 5) is 21.9. The lowest BCUT2D eigenvalue weighted by molar-refractivity contribution is -0.547. The molecule has 0 aromatic carbocycles. The van der Waals surface area contributed by atoms with Gasteiger partial charge >= 0.3 is 5.97 Å². The zero-order chi connectivity index (χ0) is 12.5. The van der Waals surface area contributed by atoms with Crippen LogP contribution in [0.5, 0.6) is 0 Å². The molecule has 1 fully saturated rings. The number of nitrogens with zero attached hydrogens (tertiary/aromatic N) is 1. The molecular formula is C12H15NO4. The van der Waals surface area contributed by atoms with Gasteiger partial charge in [-0.2, -0.15) is 0 Å². The second-order valence-electron chi connectivity index (χ2n) is 4.51. The third-order valence-electron chi connectivity index (χ3n) is 3.37. The van der Waals surface area contributed by atoms with Crippen LogP contribution in [0.3, 0.4) is 0 Å². The molecule has 1 saturated carbocycles. The highest BCUT2D eigenvalue weighted by Crippen LogP contribution is 2.39. The van der Waals surface area contributed by atoms with Crippen molar-refractivity contribution in [3.63, 3.8) is 0 Å². The van der Waals surface area contributed by atoms with E-state index in [1.165, 1.54) is 6.92 Å². The van der Waals surface area contributed by atoms with Crippen LogP contribution in [-0.2, 0) is 9.53 Å². The summed E-state index contributed by atoms with van der Waals surface area (Å²) in [5, 5.41) is 11.2. The average Bonchev–Trinajstić information content (AvgIpc) is 2.28. The second-order valence-corrected chi connectivity index (χ2v) is 4.51. The zero-order valence-electron chi connectivity index (χ0n) is 9.72. The van der Waals surface area contributed by atoms with Gasteiger partial charge in [-0.3, -0.25) is 14.9 Å². The van der Waals surface area contributed by atoms with Gasteiger partial charge in [0, 0.05) is 23.8 Å². The molecule has 0 amide bonds. The predicted molar refractivity (Wildman–Crippen MR) is 61.0 cm³/mol. The molecule has 0 spiro atoms. The van der Waals surface area contributed by atoms with Crippen molar-refractivity contribution in [2.24, 2.45) is 0 Å². The first kappa shape index (κ1) is 11.8. The Hall–Kier alpha value is -1.65. The van der Waals surface area contributed by atoms with Crippen LogP contribution in [-0.4, -0.2) is 22.5 Å². The van der Waals surface area contributed by atoms with Crippen LogP contribution in [0.1, 0.15) is 32.6 Å². The number of nitro groups is 1. The van der Waals surface area contributed by atoms with Gasteiger partial charge in [0.15, 0.2) is 0 Å². The van der Waals surface area contributed by atoms with Crippen LogP contribution in [0, 0.1) is 10.1 Å². The highest BCUT2D eigenvalue weighted by Gasteiger charge is 2.47. The summed E-state index contributed by atoms with van der Waals surface area (Å²) in [5.74, 6) is -0.374. The Labute approximate surface area is 99.3 Å². The summed E-state index contributed by atoms with van der Waals surface area (Å²) in [6.07, 6.45) is 7.55. The molecule has 5 nitrogen and oxygen atoms in total. The molecule has 2 atom stereocenters. The van der Waals surface area contributed by atoms with E-state index in [9.17, 15) is 14.9 Å². The topological polar surface area (TPSA) is 69.4 Å². The molecular weight excluding hydrogens is 222 g/mol. The third-order valence-corrected chi connectivity index (χ3v) is 3.37. The van der Waals surface area contributed by atoms with Crippen LogP contribution in [0.4, 0.5) is 0 Å². The number of ether oxygens (including phenoxy) is 1. The molecule has 2 rings (SSSR count). The number of carbonyl (C=O) groups excluding carboxylic acids is 1. The van der Waals surface area contributed by atoms with Crippen molar-refractivity contribution in [3.8, 4) is 0 Å². The van der Waals surface area contributed by atoms with E-state index in [2.05, 4.69) is 0 Å². The standard InChI is InChI=1S/C12H15NO4/c1-9(14)17-11-5-7-12(13(15)16)6-3-2-4-10(12)8-11/h5,7-8,11H,2-4,6H2,1H3. The summed E-state index contributed by atoms with van der Waals surface area (Å²) >= 11 is 0. The highest BCUT2D eigenvalue weighted by molar-refractivity contribution is 5.66. The molecule has 0 bridgehead atoms. The Bertz CT molecular complexity index is 413. The molecule has 0 radical (unpaired) electrons. The first-order valence-electron chi connectivity index (χ1n) is 5.77. The van der Waals surface area contributed by atoms with Crippen LogP contribution in [0.25, 0.3) is 0 Å². The second kappa shape index (κ2) is 4.31. The van der Waals surface area contributed by atoms with Gasteiger partial charge in [-0.25, -0.2) is 0 Å². The van der Waals surface area contributed by atoms with Crippen molar-refractivity contribution in [3.05, 3.63) is 33.9 Å². The molecule has 2 unspecified atom stereocenters. The number of hydrogen-bond donors (Lipinski definition) is 0. The SMILES string of the molecule is CC(=O)OC1C=CC2([N+](=O)[O-])CCCCC2=C1. The first-order chi connectivity index (χ1) is 8.04. The lowest BCUT2D eigenvalue weighted by atomic mass is 9.74. The molecule has 2 aliphatic rings. The minimum atomic E-state index is -1.05. The van der Waals surface area contributed by atoms with Gasteiger partial charge in [0.25, 0.3) is 5.54 Å². The van der Waals surface area contributed by atoms with Crippen molar-refractivity contribution >= 4 is 5.97 Å². The average molecular weight is 237 g/mol. The quantitative estimate of drug-likeness (QED) is 0.319. The molecule has 0 heterocycles. The smallest absolute Gasteiger partial charge is 0.303 e. The van der Waals surface area contributed by atoms with Crippen molar-refractivity contribution in [2.45, 2.75) is 44.2 Å². The van der Waals surface area contributed by atoms with Gasteiger partial charge in [-0.05, 0) is 37.5 Å². The maximum Gasteiger partial charge on any atom is 0.303 e. The van der Waals surface area contributed by atoms with Crippen molar-refractivity contribution < 1.29 is 14.5 Å². The Balaban J connectivity index is 2.27. The Kier molecular flexibility index (Phi) is 3.00. The molecule has 2 aliphatic carbocycles. The predicted octanol–water partition coefficient (Wildman–Crippen LogP) is 2.00. The number of esters is 1. The van der Waals surface area contributed by atoms with Gasteiger partial charge in [-0.15, -0.1) is 0 Å². The van der Waals surface area contributed by atoms with Gasteiger partial charge < -0.3 is 4.74 Å². The molecule has 0 aromatic rings. The maximum atomic E-state index is 11.2. The van der Waals surface area contributed by atoms with Gasteiger partial charge in [0.05, 0.1) is 0 Å². The fourth-order valence-corrected chi connectivity index (χ4v) is 2.55. The van der Waals surface area contributed by atoms with Gasteiger partial charge in [-0.1, -0.05) is 0 Å². The number of rotatable bonds is 2. The van der Waals surface area contributed by atoms with E-state index >= 15 is 0 Å². The van der Waals surface area contributed by atoms with Crippen molar-refractivity contribution in [1.82, 2.24) is 0 Å². The molecule has 0 aromatic heterocycles. The van der Waals surface area contributed by atoms with Crippen molar-refractivity contribution in [1.29, 1.82) is 0 Å². The third kappa shape index (κ3) is 2.09. The number of carbonyl (C=O) groups is 1. The minimum absolute atomic E-state index is 0.224. The van der Waals surface area contributed by atoms with E-state index in [1.54, 1.807) is 18.2 Å². The first-order valence-corrected chi connectivity index (χ1v) is 5.77. The lowest BCUT2D eigenvalue weighted by Crippen LogP contribution is -2.43. The minimum Gasteiger partial charge on any atom is -0.454 e. The summed E-state index contributed by atoms with van der Waals surface area (Å²) < 4.78 is 5.04. The Morgan fingerprint density at radius 1 is 1.59 bits per heavy atom. The summed E-state index contributed by atoms with van der Waals surface area (Å²) in [6, 6.07) is 0. The molecule has 5 heteroatoms. The summed E-state index contributed by atoms with van der Waals surface area (Å²) in [5.41, 5.74) is -0.267. The number of hydrogen-bond acceptors (Lipinski definition) is 4. The van der Waals surface area contributed by atoms with E-state index in [4.69, 9.17) is 4.74 Å². The monoisotopic (exact) mass is 237 g/mol. The molecule has 0 saturated heterocycles. The number of fused-ring (bicyclic) bond motifs is 1. The summed E-state index contributed by atoms with van der Waals surface area (Å²) in [6.45, 7) is 1.34. The van der Waals surface area contributed by atoms with E-state index in [-0.39, 0.29) is 10.9 Å². The highest BCUT2D eigenvalue weighted by atomic mass is 16.6. The molecule has 17 heavy (non-hydrogen) atoms. The van der Waals surface area contributed by atoms with Crippen LogP contribution in [0.2, 0.25) is 0 Å². The Morgan fingerprint density at radius 3 is 3.00 bits per heavy atom. The van der Waals surface area contributed by atoms with Gasteiger partial charge in [0.1, 0.15) is 6.10 Å². The largest absolute Gasteiger partial charge is 0.454 e. The molecule has 0 aliphatic heterocycles. The van der Waals surface area contributed by atoms with E-state index in [1.807, 2.05) is 0 Å². The van der Waals surface area contributed by atoms with E-state index in [0.29, 0.717) is 12.8 Å². The van der Waals surface area contributed by atoms with Crippen LogP contribution in [0.15, 0.2) is 23.8 Å². The zero-order valence-corrected chi connectivity index (χ0v) is 9.72. The fourth-order valence-electron chi connectivity index (χ4n) is 2.55.